The molecule has 0 aromatic heterocycles. The second-order valence-electron chi connectivity index (χ2n) is 14.0. The molecule has 0 spiro atoms. The summed E-state index contributed by atoms with van der Waals surface area (Å²) in [6.45, 7) is 7.32. The molecule has 50 heavy (non-hydrogen) atoms. The number of likely N-dealkylation sites (tertiary alicyclic amines) is 1. The van der Waals surface area contributed by atoms with Gasteiger partial charge in [0, 0.05) is 37.9 Å². The van der Waals surface area contributed by atoms with Crippen molar-refractivity contribution in [1.82, 2.24) is 15.7 Å². The second kappa shape index (κ2) is 17.2. The number of benzene rings is 3. The maximum Gasteiger partial charge on any atom is 0.323 e. The molecule has 2 aliphatic heterocycles. The van der Waals surface area contributed by atoms with Crippen LogP contribution in [0.1, 0.15) is 93.9 Å². The molecule has 268 valence electrons. The minimum absolute atomic E-state index is 0.0347. The quantitative estimate of drug-likeness (QED) is 0.104. The van der Waals surface area contributed by atoms with Gasteiger partial charge in [-0.05, 0) is 86.5 Å². The van der Waals surface area contributed by atoms with Gasteiger partial charge < -0.3 is 24.6 Å². The average molecular weight is 688 g/mol. The summed E-state index contributed by atoms with van der Waals surface area (Å²) in [5, 5.41) is 21.1. The van der Waals surface area contributed by atoms with Gasteiger partial charge in [-0.2, -0.15) is 0 Å². The Morgan fingerprint density at radius 3 is 2.34 bits per heavy atom. The largest absolute Gasteiger partial charge is 0.459 e. The molecule has 0 aliphatic carbocycles. The van der Waals surface area contributed by atoms with Gasteiger partial charge in [-0.3, -0.25) is 24.5 Å². The Hall–Kier alpha value is -4.13. The zero-order valence-corrected chi connectivity index (χ0v) is 29.1. The lowest BCUT2D eigenvalue weighted by Crippen LogP contribution is -2.45. The predicted octanol–water partition coefficient (Wildman–Crippen LogP) is 5.49. The van der Waals surface area contributed by atoms with Gasteiger partial charge in [0.2, 0.25) is 11.8 Å². The zero-order valence-electron chi connectivity index (χ0n) is 29.1. The van der Waals surface area contributed by atoms with Gasteiger partial charge in [-0.1, -0.05) is 60.7 Å². The van der Waals surface area contributed by atoms with E-state index in [0.29, 0.717) is 25.9 Å². The fourth-order valence-corrected chi connectivity index (χ4v) is 6.46. The number of amides is 2. The summed E-state index contributed by atoms with van der Waals surface area (Å²) in [4.78, 5) is 38.8. The van der Waals surface area contributed by atoms with Gasteiger partial charge >= 0.3 is 5.97 Å². The normalized spacial score (nSPS) is 21.1. The van der Waals surface area contributed by atoms with Gasteiger partial charge in [-0.25, -0.2) is 5.48 Å². The second-order valence-corrected chi connectivity index (χ2v) is 14.0. The molecule has 0 bridgehead atoms. The number of carbonyl (C=O) groups is 3. The molecular formula is C39H49N3O8. The van der Waals surface area contributed by atoms with Crippen molar-refractivity contribution in [2.24, 2.45) is 0 Å². The Labute approximate surface area is 293 Å². The number of esters is 1. The van der Waals surface area contributed by atoms with E-state index in [-0.39, 0.29) is 49.6 Å². The molecule has 2 heterocycles. The number of nitrogens with one attached hydrogen (secondary N) is 2. The maximum absolute atomic E-state index is 13.1. The fraction of sp³-hybridized carbons (Fsp3) is 0.462. The Morgan fingerprint density at radius 2 is 1.62 bits per heavy atom. The molecule has 0 saturated carbocycles. The van der Waals surface area contributed by atoms with E-state index in [1.807, 2.05) is 87.5 Å². The summed E-state index contributed by atoms with van der Waals surface area (Å²) < 4.78 is 19.0. The van der Waals surface area contributed by atoms with Crippen molar-refractivity contribution in [2.45, 2.75) is 103 Å². The van der Waals surface area contributed by atoms with Crippen molar-refractivity contribution in [3.05, 3.63) is 95.1 Å². The van der Waals surface area contributed by atoms with Crippen LogP contribution >= 0.6 is 0 Å². The van der Waals surface area contributed by atoms with Crippen molar-refractivity contribution in [2.75, 3.05) is 13.1 Å². The number of hydrogen-bond donors (Lipinski definition) is 4. The SMILES string of the molecule is CC(C)(C)OC(=O)[C@@H]1CCCN1C[C@H]1C[C@@H](c2ccc(CO)cc2)O[C@@H](c2cccc(-c3cccc(CNC(=O)CCCC(=O)NO)c3)c2)O1. The highest BCUT2D eigenvalue weighted by Gasteiger charge is 2.39. The average Bonchev–Trinajstić information content (AvgIpc) is 3.58. The minimum atomic E-state index is -0.658. The van der Waals surface area contributed by atoms with Crippen LogP contribution in [-0.2, 0) is 41.7 Å². The molecule has 2 aliphatic rings. The summed E-state index contributed by atoms with van der Waals surface area (Å²) in [6, 6.07) is 23.5. The third-order valence-electron chi connectivity index (χ3n) is 8.94. The molecule has 2 fully saturated rings. The molecular weight excluding hydrogens is 638 g/mol. The van der Waals surface area contributed by atoms with Crippen LogP contribution in [0, 0.1) is 0 Å². The van der Waals surface area contributed by atoms with Crippen LogP contribution in [0.25, 0.3) is 11.1 Å². The highest BCUT2D eigenvalue weighted by molar-refractivity contribution is 5.78. The first-order valence-corrected chi connectivity index (χ1v) is 17.4. The Balaban J connectivity index is 1.31. The predicted molar refractivity (Wildman–Crippen MR) is 186 cm³/mol. The molecule has 0 unspecified atom stereocenters. The first-order valence-electron chi connectivity index (χ1n) is 17.4. The summed E-state index contributed by atoms with van der Waals surface area (Å²) in [7, 11) is 0. The van der Waals surface area contributed by atoms with E-state index in [0.717, 1.165) is 52.8 Å². The number of nitrogens with zero attached hydrogens (tertiary/aromatic N) is 1. The molecule has 3 aromatic rings. The lowest BCUT2D eigenvalue weighted by Gasteiger charge is -2.38. The summed E-state index contributed by atoms with van der Waals surface area (Å²) in [5.74, 6) is -0.884. The van der Waals surface area contributed by atoms with Crippen LogP contribution in [0.5, 0.6) is 0 Å². The highest BCUT2D eigenvalue weighted by atomic mass is 16.7. The van der Waals surface area contributed by atoms with Crippen LogP contribution < -0.4 is 10.8 Å². The van der Waals surface area contributed by atoms with Gasteiger partial charge in [0.15, 0.2) is 6.29 Å². The fourth-order valence-electron chi connectivity index (χ4n) is 6.46. The molecule has 0 radical (unpaired) electrons. The number of carbonyl (C=O) groups excluding carboxylic acids is 3. The van der Waals surface area contributed by atoms with Crippen molar-refractivity contribution in [1.29, 1.82) is 0 Å². The Bertz CT molecular complexity index is 1610. The van der Waals surface area contributed by atoms with Crippen molar-refractivity contribution in [3.8, 4) is 11.1 Å². The monoisotopic (exact) mass is 687 g/mol. The number of rotatable bonds is 13. The van der Waals surface area contributed by atoms with E-state index < -0.39 is 17.8 Å². The van der Waals surface area contributed by atoms with E-state index >= 15 is 0 Å². The van der Waals surface area contributed by atoms with Crippen molar-refractivity contribution >= 4 is 17.8 Å². The molecule has 11 heteroatoms. The van der Waals surface area contributed by atoms with E-state index in [1.54, 1.807) is 5.48 Å². The summed E-state index contributed by atoms with van der Waals surface area (Å²) in [6.07, 6.45) is 1.74. The lowest BCUT2D eigenvalue weighted by atomic mass is 9.98. The molecule has 5 rings (SSSR count). The number of aliphatic hydroxyl groups is 1. The maximum atomic E-state index is 13.1. The Kier molecular flexibility index (Phi) is 12.8. The van der Waals surface area contributed by atoms with E-state index in [1.165, 1.54) is 0 Å². The van der Waals surface area contributed by atoms with Crippen molar-refractivity contribution in [3.63, 3.8) is 0 Å². The summed E-state index contributed by atoms with van der Waals surface area (Å²) >= 11 is 0. The first kappa shape index (κ1) is 37.1. The third-order valence-corrected chi connectivity index (χ3v) is 8.94. The van der Waals surface area contributed by atoms with Gasteiger partial charge in [0.25, 0.3) is 0 Å². The Morgan fingerprint density at radius 1 is 0.900 bits per heavy atom. The topological polar surface area (TPSA) is 147 Å². The molecule has 4 N–H and O–H groups in total. The number of ether oxygens (including phenoxy) is 3. The number of hydrogen-bond acceptors (Lipinski definition) is 9. The van der Waals surface area contributed by atoms with Gasteiger partial charge in [0.1, 0.15) is 11.6 Å². The first-order chi connectivity index (χ1) is 24.0. The van der Waals surface area contributed by atoms with E-state index in [4.69, 9.17) is 19.4 Å². The van der Waals surface area contributed by atoms with Crippen molar-refractivity contribution < 1.29 is 38.9 Å². The number of hydroxylamine groups is 1. The molecule has 2 saturated heterocycles. The van der Waals surface area contributed by atoms with Crippen LogP contribution in [0.3, 0.4) is 0 Å². The molecule has 3 aromatic carbocycles. The molecule has 2 amide bonds. The van der Waals surface area contributed by atoms with E-state index in [9.17, 15) is 19.5 Å². The van der Waals surface area contributed by atoms with Gasteiger partial charge in [0.05, 0.1) is 18.8 Å². The van der Waals surface area contributed by atoms with Gasteiger partial charge in [-0.15, -0.1) is 0 Å². The minimum Gasteiger partial charge on any atom is -0.459 e. The molecule has 4 atom stereocenters. The third kappa shape index (κ3) is 10.4. The van der Waals surface area contributed by atoms with Crippen LogP contribution in [0.2, 0.25) is 0 Å². The zero-order chi connectivity index (χ0) is 35.7. The highest BCUT2D eigenvalue weighted by Crippen LogP contribution is 2.39. The van der Waals surface area contributed by atoms with E-state index in [2.05, 4.69) is 16.3 Å². The summed E-state index contributed by atoms with van der Waals surface area (Å²) in [5.41, 5.74) is 6.56. The lowest BCUT2D eigenvalue weighted by molar-refractivity contribution is -0.253. The smallest absolute Gasteiger partial charge is 0.323 e. The molecule has 11 nitrogen and oxygen atoms in total. The van der Waals surface area contributed by atoms with Crippen LogP contribution in [0.4, 0.5) is 0 Å². The number of aliphatic hydroxyl groups excluding tert-OH is 1. The standard InChI is InChI=1S/C39H49N3O8/c1-39(2,3)50-37(46)33-12-7-19-42(33)24-32-22-34(28-17-15-26(25-43)16-18-28)49-38(48-32)31-11-5-10-30(21-31)29-9-4-8-27(20-29)23-40-35(44)13-6-14-36(45)41-47/h4-5,8-11,15-18,20-21,32-34,38,43,47H,6-7,12-14,19,22-25H2,1-3H3,(H,40,44)(H,41,45)/t32-,33+,34+,38+/m1/s1. The van der Waals surface area contributed by atoms with Crippen LogP contribution in [0.15, 0.2) is 72.8 Å². The van der Waals surface area contributed by atoms with Crippen LogP contribution in [-0.4, -0.2) is 63.8 Å².